The molecule has 0 unspecified atom stereocenters. The molecule has 0 aromatic heterocycles. The average molecular weight is 539 g/mol. The van der Waals surface area contributed by atoms with Crippen molar-refractivity contribution in [1.82, 2.24) is 9.44 Å². The van der Waals surface area contributed by atoms with E-state index in [2.05, 4.69) is 9.44 Å². The molecule has 2 rings (SSSR count). The number of unbranched alkanes of at least 4 members (excludes halogenated alkanes) is 1. The first-order valence-corrected chi connectivity index (χ1v) is 14.9. The lowest BCUT2D eigenvalue weighted by atomic mass is 9.87. The Labute approximate surface area is 215 Å². The van der Waals surface area contributed by atoms with Crippen LogP contribution in [0.25, 0.3) is 0 Å². The van der Waals surface area contributed by atoms with Crippen LogP contribution in [0.1, 0.15) is 71.9 Å². The zero-order chi connectivity index (χ0) is 27.4. The van der Waals surface area contributed by atoms with Gasteiger partial charge in [0.25, 0.3) is 0 Å². The second kappa shape index (κ2) is 11.4. The second-order valence-corrected chi connectivity index (χ2v) is 14.4. The largest absolute Gasteiger partial charge is 0.480 e. The van der Waals surface area contributed by atoms with Crippen molar-refractivity contribution in [2.45, 2.75) is 87.5 Å². The van der Waals surface area contributed by atoms with E-state index >= 15 is 0 Å². The zero-order valence-corrected chi connectivity index (χ0v) is 23.5. The predicted octanol–water partition coefficient (Wildman–Crippen LogP) is 4.16. The molecule has 8 nitrogen and oxygen atoms in total. The molecular weight excluding hydrogens is 500 g/mol. The van der Waals surface area contributed by atoms with Gasteiger partial charge in [0.05, 0.1) is 9.79 Å². The first-order valence-electron chi connectivity index (χ1n) is 11.9. The lowest BCUT2D eigenvalue weighted by molar-refractivity contribution is -0.139. The molecule has 0 aliphatic heterocycles. The number of carboxylic acids is 1. The highest BCUT2D eigenvalue weighted by Crippen LogP contribution is 2.24. The van der Waals surface area contributed by atoms with Gasteiger partial charge in [0.15, 0.2) is 0 Å². The number of rotatable bonds is 11. The summed E-state index contributed by atoms with van der Waals surface area (Å²) in [6, 6.07) is 11.7. The van der Waals surface area contributed by atoms with Gasteiger partial charge in [-0.15, -0.1) is 0 Å². The lowest BCUT2D eigenvalue weighted by Gasteiger charge is -2.20. The Bertz CT molecular complexity index is 1240. The second-order valence-electron chi connectivity index (χ2n) is 11.0. The molecule has 0 bridgehead atoms. The molecule has 10 heteroatoms. The molecule has 0 saturated heterocycles. The van der Waals surface area contributed by atoms with Crippen molar-refractivity contribution in [2.24, 2.45) is 0 Å². The first kappa shape index (κ1) is 30.0. The summed E-state index contributed by atoms with van der Waals surface area (Å²) in [6.45, 7) is 12.3. The number of benzene rings is 2. The van der Waals surface area contributed by atoms with E-state index in [1.807, 2.05) is 41.5 Å². The summed E-state index contributed by atoms with van der Waals surface area (Å²) in [5.74, 6) is -1.29. The lowest BCUT2D eigenvalue weighted by Crippen LogP contribution is -2.40. The number of aliphatic carboxylic acids is 1. The Morgan fingerprint density at radius 2 is 1.17 bits per heavy atom. The highest BCUT2D eigenvalue weighted by molar-refractivity contribution is 7.89. The van der Waals surface area contributed by atoms with Crippen LogP contribution in [0.4, 0.5) is 0 Å². The third-order valence-electron chi connectivity index (χ3n) is 5.87. The summed E-state index contributed by atoms with van der Waals surface area (Å²) in [6.07, 6.45) is 0.690. The third kappa shape index (κ3) is 8.40. The monoisotopic (exact) mass is 538 g/mol. The maximum absolute atomic E-state index is 12.7. The molecule has 0 fully saturated rings. The van der Waals surface area contributed by atoms with Crippen molar-refractivity contribution < 1.29 is 26.7 Å². The number of hydrogen-bond donors (Lipinski definition) is 3. The van der Waals surface area contributed by atoms with Crippen LogP contribution in [0.5, 0.6) is 0 Å². The van der Waals surface area contributed by atoms with Crippen LogP contribution in [0, 0.1) is 0 Å². The molecule has 0 spiro atoms. The van der Waals surface area contributed by atoms with Gasteiger partial charge in [-0.1, -0.05) is 65.8 Å². The van der Waals surface area contributed by atoms with E-state index in [0.717, 1.165) is 11.1 Å². The Morgan fingerprint density at radius 3 is 1.56 bits per heavy atom. The number of nitrogens with one attached hydrogen (secondary N) is 2. The third-order valence-corrected chi connectivity index (χ3v) is 8.83. The van der Waals surface area contributed by atoms with E-state index in [4.69, 9.17) is 0 Å². The van der Waals surface area contributed by atoms with Gasteiger partial charge in [-0.25, -0.2) is 21.6 Å². The molecular formula is C26H38N2O6S2. The SMILES string of the molecule is CC(C)(C)c1ccc(S(=O)(=O)NCCCC[C@H](NS(=O)(=O)c2ccc(C(C)(C)C)cc2)C(=O)O)cc1. The molecule has 0 saturated carbocycles. The number of sulfonamides is 2. The number of hydrogen-bond acceptors (Lipinski definition) is 5. The van der Waals surface area contributed by atoms with Crippen LogP contribution < -0.4 is 9.44 Å². The molecule has 0 amide bonds. The summed E-state index contributed by atoms with van der Waals surface area (Å²) in [7, 11) is -7.72. The highest BCUT2D eigenvalue weighted by atomic mass is 32.2. The summed E-state index contributed by atoms with van der Waals surface area (Å²) in [5, 5.41) is 9.51. The van der Waals surface area contributed by atoms with Gasteiger partial charge in [-0.05, 0) is 65.5 Å². The van der Waals surface area contributed by atoms with Gasteiger partial charge in [-0.3, -0.25) is 4.79 Å². The molecule has 2 aromatic rings. The van der Waals surface area contributed by atoms with Gasteiger partial charge < -0.3 is 5.11 Å². The summed E-state index contributed by atoms with van der Waals surface area (Å²) >= 11 is 0. The molecule has 0 aliphatic carbocycles. The van der Waals surface area contributed by atoms with Gasteiger partial charge in [-0.2, -0.15) is 4.72 Å². The van der Waals surface area contributed by atoms with Gasteiger partial charge in [0.1, 0.15) is 6.04 Å². The molecule has 200 valence electrons. The maximum Gasteiger partial charge on any atom is 0.321 e. The van der Waals surface area contributed by atoms with Crippen LogP contribution in [0.2, 0.25) is 0 Å². The Morgan fingerprint density at radius 1 is 0.750 bits per heavy atom. The first-order chi connectivity index (χ1) is 16.4. The Balaban J connectivity index is 1.92. The normalized spacial score (nSPS) is 13.9. The summed E-state index contributed by atoms with van der Waals surface area (Å²) in [4.78, 5) is 11.8. The number of carboxylic acid groups (broad SMARTS) is 1. The Kier molecular flexibility index (Phi) is 9.50. The van der Waals surface area contributed by atoms with E-state index in [9.17, 15) is 26.7 Å². The van der Waals surface area contributed by atoms with Gasteiger partial charge >= 0.3 is 5.97 Å². The summed E-state index contributed by atoms with van der Waals surface area (Å²) in [5.41, 5.74) is 1.75. The van der Waals surface area contributed by atoms with Crippen molar-refractivity contribution in [1.29, 1.82) is 0 Å². The minimum absolute atomic E-state index is 0.00742. The standard InChI is InChI=1S/C26H38N2O6S2/c1-25(2,3)19-10-14-21(15-11-19)35(31,32)27-18-8-7-9-23(24(29)30)28-36(33,34)22-16-12-20(13-17-22)26(4,5)6/h10-17,23,27-28H,7-9,18H2,1-6H3,(H,29,30)/t23-/m0/s1. The molecule has 0 heterocycles. The minimum Gasteiger partial charge on any atom is -0.480 e. The van der Waals surface area contributed by atoms with Crippen molar-refractivity contribution in [3.8, 4) is 0 Å². The fourth-order valence-electron chi connectivity index (χ4n) is 3.52. The van der Waals surface area contributed by atoms with Crippen LogP contribution in [0.15, 0.2) is 58.3 Å². The molecule has 3 N–H and O–H groups in total. The molecule has 0 aliphatic rings. The fourth-order valence-corrected chi connectivity index (χ4v) is 5.82. The van der Waals surface area contributed by atoms with Crippen molar-refractivity contribution >= 4 is 26.0 Å². The van der Waals surface area contributed by atoms with Crippen molar-refractivity contribution in [2.75, 3.05) is 6.54 Å². The van der Waals surface area contributed by atoms with Crippen LogP contribution >= 0.6 is 0 Å². The molecule has 2 aromatic carbocycles. The number of carbonyl (C=O) groups is 1. The minimum atomic E-state index is -4.03. The maximum atomic E-state index is 12.7. The summed E-state index contributed by atoms with van der Waals surface area (Å²) < 4.78 is 55.2. The van der Waals surface area contributed by atoms with Gasteiger partial charge in [0.2, 0.25) is 20.0 Å². The van der Waals surface area contributed by atoms with E-state index in [1.165, 1.54) is 12.1 Å². The zero-order valence-electron chi connectivity index (χ0n) is 21.8. The molecule has 1 atom stereocenters. The molecule has 36 heavy (non-hydrogen) atoms. The van der Waals surface area contributed by atoms with E-state index in [1.54, 1.807) is 36.4 Å². The Hall–Kier alpha value is -2.27. The van der Waals surface area contributed by atoms with Crippen LogP contribution in [0.3, 0.4) is 0 Å². The van der Waals surface area contributed by atoms with E-state index < -0.39 is 32.1 Å². The van der Waals surface area contributed by atoms with Crippen molar-refractivity contribution in [3.05, 3.63) is 59.7 Å². The van der Waals surface area contributed by atoms with Crippen molar-refractivity contribution in [3.63, 3.8) is 0 Å². The predicted molar refractivity (Wildman–Crippen MR) is 141 cm³/mol. The fraction of sp³-hybridized carbons (Fsp3) is 0.500. The highest BCUT2D eigenvalue weighted by Gasteiger charge is 2.26. The van der Waals surface area contributed by atoms with Crippen LogP contribution in [-0.2, 0) is 35.7 Å². The van der Waals surface area contributed by atoms with Crippen LogP contribution in [-0.4, -0.2) is 40.5 Å². The van der Waals surface area contributed by atoms with Gasteiger partial charge in [0, 0.05) is 6.54 Å². The quantitative estimate of drug-likeness (QED) is 0.368. The molecule has 0 radical (unpaired) electrons. The van der Waals surface area contributed by atoms with E-state index in [0.29, 0.717) is 12.8 Å². The topological polar surface area (TPSA) is 130 Å². The smallest absolute Gasteiger partial charge is 0.321 e. The van der Waals surface area contributed by atoms with E-state index in [-0.39, 0.29) is 33.6 Å². The average Bonchev–Trinajstić information content (AvgIpc) is 2.77.